The van der Waals surface area contributed by atoms with E-state index < -0.39 is 18.1 Å². The van der Waals surface area contributed by atoms with Crippen LogP contribution in [0.25, 0.3) is 16.9 Å². The Morgan fingerprint density at radius 1 is 1.11 bits per heavy atom. The quantitative estimate of drug-likeness (QED) is 0.613. The summed E-state index contributed by atoms with van der Waals surface area (Å²) in [6.45, 7) is 0.711. The highest BCUT2D eigenvalue weighted by atomic mass is 19.4. The summed E-state index contributed by atoms with van der Waals surface area (Å²) in [6, 6.07) is 3.97. The number of hydrogen-bond donors (Lipinski definition) is 0. The van der Waals surface area contributed by atoms with Crippen LogP contribution >= 0.6 is 0 Å². The zero-order chi connectivity index (χ0) is 19.4. The third kappa shape index (κ3) is 3.56. The fourth-order valence-corrected chi connectivity index (χ4v) is 2.94. The van der Waals surface area contributed by atoms with Crippen molar-refractivity contribution >= 4 is 5.65 Å². The Balaban J connectivity index is 1.81. The molecule has 5 nitrogen and oxygen atoms in total. The van der Waals surface area contributed by atoms with Gasteiger partial charge in [-0.3, -0.25) is 9.38 Å². The van der Waals surface area contributed by atoms with Crippen molar-refractivity contribution < 1.29 is 26.7 Å². The number of nitrogens with zero attached hydrogens (tertiary/aromatic N) is 4. The Morgan fingerprint density at radius 2 is 1.85 bits per heavy atom. The van der Waals surface area contributed by atoms with Gasteiger partial charge in [-0.15, -0.1) is 23.4 Å². The molecule has 4 rings (SSSR count). The Bertz CT molecular complexity index is 1000. The summed E-state index contributed by atoms with van der Waals surface area (Å²) in [6.07, 6.45) is -0.462. The lowest BCUT2D eigenvalue weighted by atomic mass is 10.0. The van der Waals surface area contributed by atoms with E-state index in [0.717, 1.165) is 17.2 Å². The maximum absolute atomic E-state index is 13.7. The van der Waals surface area contributed by atoms with Gasteiger partial charge in [-0.05, 0) is 42.5 Å². The number of alkyl halides is 5. The lowest BCUT2D eigenvalue weighted by Gasteiger charge is -2.14. The molecule has 1 fully saturated rings. The minimum atomic E-state index is -4.79. The number of halogens is 5. The average Bonchev–Trinajstić information content (AvgIpc) is 3.30. The predicted molar refractivity (Wildman–Crippen MR) is 84.4 cm³/mol. The minimum absolute atomic E-state index is 0.0854. The van der Waals surface area contributed by atoms with E-state index in [1.54, 1.807) is 0 Å². The maximum atomic E-state index is 13.7. The Labute approximate surface area is 149 Å². The van der Waals surface area contributed by atoms with E-state index in [1.165, 1.54) is 30.6 Å². The highest BCUT2D eigenvalue weighted by molar-refractivity contribution is 5.67. The van der Waals surface area contributed by atoms with Crippen LogP contribution < -0.4 is 4.74 Å². The molecule has 0 bridgehead atoms. The van der Waals surface area contributed by atoms with Crippen LogP contribution in [-0.2, 0) is 5.92 Å². The van der Waals surface area contributed by atoms with Crippen molar-refractivity contribution in [1.29, 1.82) is 0 Å². The molecule has 0 aliphatic heterocycles. The highest BCUT2D eigenvalue weighted by Crippen LogP contribution is 2.45. The first-order chi connectivity index (χ1) is 12.6. The molecule has 1 aliphatic carbocycles. The lowest BCUT2D eigenvalue weighted by molar-refractivity contribution is -0.274. The van der Waals surface area contributed by atoms with Gasteiger partial charge in [0.2, 0.25) is 5.82 Å². The fourth-order valence-electron chi connectivity index (χ4n) is 2.94. The van der Waals surface area contributed by atoms with Gasteiger partial charge in [-0.1, -0.05) is 0 Å². The monoisotopic (exact) mass is 384 g/mol. The number of ether oxygens (including phenoxy) is 1. The fraction of sp³-hybridized carbons (Fsp3) is 0.353. The molecule has 3 aromatic rings. The lowest BCUT2D eigenvalue weighted by Crippen LogP contribution is -2.17. The van der Waals surface area contributed by atoms with Crippen LogP contribution in [0.4, 0.5) is 22.0 Å². The molecule has 0 spiro atoms. The van der Waals surface area contributed by atoms with Crippen molar-refractivity contribution in [2.75, 3.05) is 0 Å². The smallest absolute Gasteiger partial charge is 0.406 e. The average molecular weight is 384 g/mol. The Hall–Kier alpha value is -2.78. The van der Waals surface area contributed by atoms with Crippen molar-refractivity contribution in [3.05, 3.63) is 42.0 Å². The van der Waals surface area contributed by atoms with Gasteiger partial charge < -0.3 is 4.74 Å². The number of fused-ring (bicyclic) bond motifs is 1. The normalized spacial score (nSPS) is 15.3. The summed E-state index contributed by atoms with van der Waals surface area (Å²) in [5.41, 5.74) is 1.70. The van der Waals surface area contributed by atoms with E-state index in [2.05, 4.69) is 19.9 Å². The predicted octanol–water partition coefficient (Wildman–Crippen LogP) is 4.68. The van der Waals surface area contributed by atoms with Gasteiger partial charge in [-0.2, -0.15) is 8.78 Å². The zero-order valence-electron chi connectivity index (χ0n) is 14.0. The molecule has 0 atom stereocenters. The molecule has 142 valence electrons. The second-order valence-electron chi connectivity index (χ2n) is 6.48. The first kappa shape index (κ1) is 17.6. The molecular weight excluding hydrogens is 371 g/mol. The van der Waals surface area contributed by atoms with Crippen molar-refractivity contribution in [3.8, 4) is 17.0 Å². The van der Waals surface area contributed by atoms with Crippen LogP contribution in [0.5, 0.6) is 5.75 Å². The van der Waals surface area contributed by atoms with Crippen molar-refractivity contribution in [2.24, 2.45) is 0 Å². The van der Waals surface area contributed by atoms with E-state index >= 15 is 0 Å². The van der Waals surface area contributed by atoms with Gasteiger partial charge in [-0.25, -0.2) is 0 Å². The van der Waals surface area contributed by atoms with E-state index in [4.69, 9.17) is 0 Å². The molecule has 27 heavy (non-hydrogen) atoms. The molecule has 0 radical (unpaired) electrons. The zero-order valence-corrected chi connectivity index (χ0v) is 14.0. The van der Waals surface area contributed by atoms with Crippen molar-refractivity contribution in [3.63, 3.8) is 0 Å². The van der Waals surface area contributed by atoms with Crippen LogP contribution in [0.15, 0.2) is 30.6 Å². The minimum Gasteiger partial charge on any atom is -0.406 e. The van der Waals surface area contributed by atoms with Crippen LogP contribution in [-0.4, -0.2) is 25.9 Å². The molecule has 2 aromatic heterocycles. The second-order valence-corrected chi connectivity index (χ2v) is 6.48. The van der Waals surface area contributed by atoms with E-state index in [9.17, 15) is 22.0 Å². The largest absolute Gasteiger partial charge is 0.573 e. The Morgan fingerprint density at radius 3 is 2.48 bits per heavy atom. The molecule has 0 saturated heterocycles. The summed E-state index contributed by atoms with van der Waals surface area (Å²) >= 11 is 0. The van der Waals surface area contributed by atoms with Crippen molar-refractivity contribution in [1.82, 2.24) is 19.6 Å². The van der Waals surface area contributed by atoms with Gasteiger partial charge in [0.15, 0.2) is 5.65 Å². The molecule has 2 heterocycles. The maximum Gasteiger partial charge on any atom is 0.573 e. The summed E-state index contributed by atoms with van der Waals surface area (Å²) in [4.78, 5) is 4.22. The molecule has 0 N–H and O–H groups in total. The van der Waals surface area contributed by atoms with Crippen LogP contribution in [0.3, 0.4) is 0 Å². The second kappa shape index (κ2) is 5.86. The number of aromatic nitrogens is 4. The van der Waals surface area contributed by atoms with Gasteiger partial charge in [0.1, 0.15) is 5.75 Å². The highest BCUT2D eigenvalue weighted by Gasteiger charge is 2.34. The van der Waals surface area contributed by atoms with Crippen LogP contribution in [0.2, 0.25) is 0 Å². The standard InChI is InChI=1S/C17H13F5N4O/c1-16(18,19)15-25-24-14-7-23-13(8-26(14)15)11-5-4-10(27-17(20,21)22)6-12(11)9-2-3-9/h4-9H,2-3H2,1H3. The molecule has 0 amide bonds. The molecule has 1 saturated carbocycles. The third-order valence-electron chi connectivity index (χ3n) is 4.24. The molecule has 10 heteroatoms. The molecule has 1 aromatic carbocycles. The Kier molecular flexibility index (Phi) is 3.83. The molecule has 0 unspecified atom stereocenters. The van der Waals surface area contributed by atoms with Crippen molar-refractivity contribution in [2.45, 2.75) is 38.0 Å². The third-order valence-corrected chi connectivity index (χ3v) is 4.24. The van der Waals surface area contributed by atoms with Crippen LogP contribution in [0.1, 0.15) is 37.1 Å². The summed E-state index contributed by atoms with van der Waals surface area (Å²) in [5, 5.41) is 7.17. The molecular formula is C17H13F5N4O. The number of rotatable bonds is 4. The topological polar surface area (TPSA) is 52.3 Å². The van der Waals surface area contributed by atoms with Gasteiger partial charge in [0.25, 0.3) is 0 Å². The van der Waals surface area contributed by atoms with E-state index in [1.807, 2.05) is 0 Å². The molecule has 1 aliphatic rings. The van der Waals surface area contributed by atoms with Crippen LogP contribution in [0, 0.1) is 0 Å². The summed E-state index contributed by atoms with van der Waals surface area (Å²) in [7, 11) is 0. The van der Waals surface area contributed by atoms with Gasteiger partial charge in [0.05, 0.1) is 11.9 Å². The van der Waals surface area contributed by atoms with Gasteiger partial charge in [0, 0.05) is 18.7 Å². The SMILES string of the molecule is CC(F)(F)c1nnc2cnc(-c3ccc(OC(F)(F)F)cc3C3CC3)cn12. The number of benzene rings is 1. The summed E-state index contributed by atoms with van der Waals surface area (Å²) in [5.74, 6) is -3.98. The summed E-state index contributed by atoms with van der Waals surface area (Å²) < 4.78 is 70.0. The van der Waals surface area contributed by atoms with Gasteiger partial charge >= 0.3 is 12.3 Å². The number of hydrogen-bond acceptors (Lipinski definition) is 4. The first-order valence-corrected chi connectivity index (χ1v) is 8.11. The first-order valence-electron chi connectivity index (χ1n) is 8.11. The van der Waals surface area contributed by atoms with E-state index in [-0.39, 0.29) is 17.3 Å². The van der Waals surface area contributed by atoms with E-state index in [0.29, 0.717) is 23.7 Å².